The molecule has 1 atom stereocenters. The van der Waals surface area contributed by atoms with Gasteiger partial charge >= 0.3 is 0 Å². The molecule has 1 heterocycles. The van der Waals surface area contributed by atoms with Crippen LogP contribution in [0.4, 0.5) is 0 Å². The minimum Gasteiger partial charge on any atom is -0.489 e. The van der Waals surface area contributed by atoms with Crippen molar-refractivity contribution in [3.63, 3.8) is 0 Å². The second kappa shape index (κ2) is 8.73. The van der Waals surface area contributed by atoms with E-state index in [2.05, 4.69) is 76.6 Å². The molecule has 0 aliphatic carbocycles. The highest BCUT2D eigenvalue weighted by atomic mass is 16.7. The van der Waals surface area contributed by atoms with Gasteiger partial charge in [0.05, 0.1) is 0 Å². The summed E-state index contributed by atoms with van der Waals surface area (Å²) in [5.41, 5.74) is 3.35. The predicted octanol–water partition coefficient (Wildman–Crippen LogP) is 6.94. The molecule has 0 radical (unpaired) electrons. The molecule has 1 unspecified atom stereocenters. The molecule has 0 aromatic heterocycles. The number of para-hydroxylation sites is 1. The molecule has 1 aliphatic rings. The number of hydrogen-bond donors (Lipinski definition) is 0. The second-order valence-electron chi connectivity index (χ2n) is 9.29. The van der Waals surface area contributed by atoms with Crippen LogP contribution in [-0.2, 0) is 11.4 Å². The number of hydrogen-bond acceptors (Lipinski definition) is 3. The van der Waals surface area contributed by atoms with Gasteiger partial charge < -0.3 is 4.74 Å². The molecule has 1 fully saturated rings. The molecule has 1 aliphatic heterocycles. The van der Waals surface area contributed by atoms with Crippen LogP contribution in [-0.4, -0.2) is 16.1 Å². The molecule has 156 valence electrons. The molecule has 29 heavy (non-hydrogen) atoms. The fraction of sp³-hybridized carbons (Fsp3) is 0.462. The number of piperidine rings is 1. The highest BCUT2D eigenvalue weighted by molar-refractivity contribution is 5.47. The third-order valence-corrected chi connectivity index (χ3v) is 5.91. The van der Waals surface area contributed by atoms with Gasteiger partial charge in [-0.1, -0.05) is 55.1 Å². The van der Waals surface area contributed by atoms with Gasteiger partial charge in [0, 0.05) is 16.6 Å². The van der Waals surface area contributed by atoms with E-state index < -0.39 is 0 Å². The van der Waals surface area contributed by atoms with E-state index in [0.717, 1.165) is 35.3 Å². The van der Waals surface area contributed by atoms with Crippen LogP contribution in [0.25, 0.3) is 6.08 Å². The molecular formula is C26H35NO2. The summed E-state index contributed by atoms with van der Waals surface area (Å²) >= 11 is 0. The molecule has 0 saturated carbocycles. The topological polar surface area (TPSA) is 21.7 Å². The molecule has 0 bridgehead atoms. The van der Waals surface area contributed by atoms with E-state index in [1.165, 1.54) is 6.42 Å². The SMILES string of the molecule is C=Cc1ccc(COc2ccccc2C(C)ON2C(C)(C)CCCC2(C)C)cc1. The lowest BCUT2D eigenvalue weighted by Crippen LogP contribution is -2.58. The lowest BCUT2D eigenvalue weighted by molar-refractivity contribution is -0.304. The van der Waals surface area contributed by atoms with Crippen molar-refractivity contribution < 1.29 is 9.57 Å². The lowest BCUT2D eigenvalue weighted by Gasteiger charge is -2.52. The van der Waals surface area contributed by atoms with E-state index in [-0.39, 0.29) is 17.2 Å². The van der Waals surface area contributed by atoms with E-state index in [1.54, 1.807) is 0 Å². The summed E-state index contributed by atoms with van der Waals surface area (Å²) in [6, 6.07) is 16.5. The van der Waals surface area contributed by atoms with Crippen LogP contribution in [0.3, 0.4) is 0 Å². The van der Waals surface area contributed by atoms with Crippen molar-refractivity contribution in [2.75, 3.05) is 0 Å². The molecule has 3 heteroatoms. The van der Waals surface area contributed by atoms with Crippen molar-refractivity contribution in [2.45, 2.75) is 77.7 Å². The lowest BCUT2D eigenvalue weighted by atomic mass is 9.82. The fourth-order valence-corrected chi connectivity index (χ4v) is 4.34. The van der Waals surface area contributed by atoms with Crippen molar-refractivity contribution >= 4 is 6.08 Å². The highest BCUT2D eigenvalue weighted by Gasteiger charge is 2.43. The minimum absolute atomic E-state index is 0.0126. The quantitative estimate of drug-likeness (QED) is 0.508. The minimum atomic E-state index is -0.0917. The van der Waals surface area contributed by atoms with Gasteiger partial charge in [-0.3, -0.25) is 4.84 Å². The maximum atomic E-state index is 6.57. The standard InChI is InChI=1S/C26H35NO2/c1-7-21-13-15-22(16-14-21)19-28-24-12-9-8-11-23(24)20(2)29-27-25(3,4)17-10-18-26(27,5)6/h7-9,11-16,20H,1,10,17-19H2,2-6H3. The summed E-state index contributed by atoms with van der Waals surface area (Å²) in [5.74, 6) is 0.875. The Balaban J connectivity index is 1.74. The van der Waals surface area contributed by atoms with Gasteiger partial charge in [-0.25, -0.2) is 0 Å². The molecule has 2 aromatic rings. The van der Waals surface area contributed by atoms with Gasteiger partial charge in [-0.2, -0.15) is 5.06 Å². The Labute approximate surface area is 176 Å². The molecule has 3 nitrogen and oxygen atoms in total. The Morgan fingerprint density at radius 2 is 1.62 bits per heavy atom. The van der Waals surface area contributed by atoms with Crippen LogP contribution in [0.2, 0.25) is 0 Å². The molecular weight excluding hydrogens is 358 g/mol. The maximum Gasteiger partial charge on any atom is 0.125 e. The first-order chi connectivity index (χ1) is 13.7. The van der Waals surface area contributed by atoms with Gasteiger partial charge in [0.2, 0.25) is 0 Å². The molecule has 2 aromatic carbocycles. The number of rotatable bonds is 7. The summed E-state index contributed by atoms with van der Waals surface area (Å²) < 4.78 is 6.19. The average molecular weight is 394 g/mol. The summed E-state index contributed by atoms with van der Waals surface area (Å²) in [4.78, 5) is 6.57. The number of hydroxylamine groups is 2. The summed E-state index contributed by atoms with van der Waals surface area (Å²) in [7, 11) is 0. The Kier molecular flexibility index (Phi) is 6.50. The van der Waals surface area contributed by atoms with E-state index in [0.29, 0.717) is 6.61 Å². The van der Waals surface area contributed by atoms with Crippen molar-refractivity contribution in [1.29, 1.82) is 0 Å². The van der Waals surface area contributed by atoms with Gasteiger partial charge in [0.15, 0.2) is 0 Å². The third-order valence-electron chi connectivity index (χ3n) is 5.91. The smallest absolute Gasteiger partial charge is 0.125 e. The second-order valence-corrected chi connectivity index (χ2v) is 9.29. The molecule has 3 rings (SSSR count). The fourth-order valence-electron chi connectivity index (χ4n) is 4.34. The molecule has 0 N–H and O–H groups in total. The van der Waals surface area contributed by atoms with Crippen molar-refractivity contribution in [2.24, 2.45) is 0 Å². The van der Waals surface area contributed by atoms with E-state index in [4.69, 9.17) is 9.57 Å². The van der Waals surface area contributed by atoms with Crippen LogP contribution < -0.4 is 4.74 Å². The largest absolute Gasteiger partial charge is 0.489 e. The number of ether oxygens (including phenoxy) is 1. The van der Waals surface area contributed by atoms with Crippen molar-refractivity contribution in [1.82, 2.24) is 5.06 Å². The van der Waals surface area contributed by atoms with Gasteiger partial charge in [-0.15, -0.1) is 0 Å². The maximum absolute atomic E-state index is 6.57. The first-order valence-electron chi connectivity index (χ1n) is 10.6. The summed E-state index contributed by atoms with van der Waals surface area (Å²) in [6.45, 7) is 15.5. The van der Waals surface area contributed by atoms with Gasteiger partial charge in [-0.05, 0) is 71.1 Å². The Morgan fingerprint density at radius 1 is 1.00 bits per heavy atom. The van der Waals surface area contributed by atoms with Crippen molar-refractivity contribution in [3.8, 4) is 5.75 Å². The van der Waals surface area contributed by atoms with Crippen LogP contribution in [0.1, 0.15) is 76.7 Å². The Bertz CT molecular complexity index is 807. The van der Waals surface area contributed by atoms with E-state index in [9.17, 15) is 0 Å². The van der Waals surface area contributed by atoms with E-state index in [1.807, 2.05) is 24.3 Å². The average Bonchev–Trinajstić information content (AvgIpc) is 2.69. The van der Waals surface area contributed by atoms with Crippen molar-refractivity contribution in [3.05, 3.63) is 71.8 Å². The van der Waals surface area contributed by atoms with Gasteiger partial charge in [0.25, 0.3) is 0 Å². The molecule has 0 spiro atoms. The monoisotopic (exact) mass is 393 g/mol. The zero-order chi connectivity index (χ0) is 21.1. The van der Waals surface area contributed by atoms with Crippen LogP contribution >= 0.6 is 0 Å². The Hall–Kier alpha value is -2.10. The normalized spacial score (nSPS) is 19.5. The zero-order valence-corrected chi connectivity index (χ0v) is 18.6. The molecule has 0 amide bonds. The van der Waals surface area contributed by atoms with Crippen LogP contribution in [0.5, 0.6) is 5.75 Å². The highest BCUT2D eigenvalue weighted by Crippen LogP contribution is 2.41. The first kappa shape index (κ1) is 21.6. The predicted molar refractivity (Wildman–Crippen MR) is 121 cm³/mol. The van der Waals surface area contributed by atoms with Crippen LogP contribution in [0.15, 0.2) is 55.1 Å². The van der Waals surface area contributed by atoms with Crippen LogP contribution in [0, 0.1) is 0 Å². The third kappa shape index (κ3) is 5.09. The summed E-state index contributed by atoms with van der Waals surface area (Å²) in [5, 5.41) is 2.22. The first-order valence-corrected chi connectivity index (χ1v) is 10.6. The van der Waals surface area contributed by atoms with Gasteiger partial charge in [0.1, 0.15) is 18.5 Å². The number of benzene rings is 2. The Morgan fingerprint density at radius 3 is 2.24 bits per heavy atom. The van der Waals surface area contributed by atoms with E-state index >= 15 is 0 Å². The molecule has 1 saturated heterocycles. The summed E-state index contributed by atoms with van der Waals surface area (Å²) in [6.07, 6.45) is 5.27. The number of nitrogens with zero attached hydrogens (tertiary/aromatic N) is 1. The zero-order valence-electron chi connectivity index (χ0n) is 18.6.